The van der Waals surface area contributed by atoms with Crippen LogP contribution in [0.3, 0.4) is 0 Å². The van der Waals surface area contributed by atoms with E-state index in [0.717, 1.165) is 20.8 Å². The first-order valence-electron chi connectivity index (χ1n) is 6.76. The Morgan fingerprint density at radius 3 is 2.43 bits per heavy atom. The molecule has 2 rings (SSSR count). The Balaban J connectivity index is 2.40. The molecule has 0 amide bonds. The van der Waals surface area contributed by atoms with E-state index in [1.807, 2.05) is 24.3 Å². The third-order valence-corrected chi connectivity index (χ3v) is 5.53. The fourth-order valence-corrected chi connectivity index (χ4v) is 4.27. The summed E-state index contributed by atoms with van der Waals surface area (Å²) in [7, 11) is -3.17. The molecule has 0 radical (unpaired) electrons. The minimum atomic E-state index is -3.17. The number of phenolic OH excluding ortho intramolecular Hbond substituents is 1. The van der Waals surface area contributed by atoms with Crippen LogP contribution in [0.25, 0.3) is 10.8 Å². The van der Waals surface area contributed by atoms with Crippen LogP contribution in [0, 0.1) is 0 Å². The van der Waals surface area contributed by atoms with E-state index >= 15 is 0 Å². The van der Waals surface area contributed by atoms with E-state index in [0.29, 0.717) is 13.2 Å². The van der Waals surface area contributed by atoms with Gasteiger partial charge in [-0.1, -0.05) is 22.0 Å². The summed E-state index contributed by atoms with van der Waals surface area (Å²) < 4.78 is 24.1. The largest absolute Gasteiger partial charge is 0.507 e. The Hall–Kier alpha value is -0.870. The van der Waals surface area contributed by atoms with E-state index < -0.39 is 7.60 Å². The molecule has 0 fully saturated rings. The van der Waals surface area contributed by atoms with Crippen molar-refractivity contribution in [2.45, 2.75) is 20.0 Å². The van der Waals surface area contributed by atoms with Crippen LogP contribution in [-0.4, -0.2) is 18.3 Å². The lowest BCUT2D eigenvalue weighted by Crippen LogP contribution is -1.99. The Labute approximate surface area is 132 Å². The molecular formula is C15H18BrO4P. The van der Waals surface area contributed by atoms with Gasteiger partial charge in [0.1, 0.15) is 5.75 Å². The zero-order chi connectivity index (χ0) is 15.5. The second-order valence-electron chi connectivity index (χ2n) is 4.58. The standard InChI is InChI=1S/C15H18BrO4P/c1-3-19-21(18,20-4-2)10-11-7-12-9-13(16)5-6-14(12)15(17)8-11/h5-9,17H,3-4,10H2,1-2H3. The molecule has 4 nitrogen and oxygen atoms in total. The smallest absolute Gasteiger partial charge is 0.335 e. The highest BCUT2D eigenvalue weighted by molar-refractivity contribution is 9.10. The van der Waals surface area contributed by atoms with Gasteiger partial charge in [0.2, 0.25) is 0 Å². The lowest BCUT2D eigenvalue weighted by molar-refractivity contribution is 0.219. The molecule has 0 atom stereocenters. The minimum absolute atomic E-state index is 0.144. The van der Waals surface area contributed by atoms with E-state index in [1.165, 1.54) is 0 Å². The summed E-state index contributed by atoms with van der Waals surface area (Å²) in [6.45, 7) is 4.20. The van der Waals surface area contributed by atoms with Crippen LogP contribution >= 0.6 is 23.5 Å². The number of hydrogen-bond acceptors (Lipinski definition) is 4. The number of phenols is 1. The van der Waals surface area contributed by atoms with Crippen molar-refractivity contribution < 1.29 is 18.7 Å². The van der Waals surface area contributed by atoms with Crippen LogP contribution in [0.4, 0.5) is 0 Å². The van der Waals surface area contributed by atoms with E-state index in [9.17, 15) is 9.67 Å². The molecule has 0 aliphatic heterocycles. The van der Waals surface area contributed by atoms with Gasteiger partial charge in [-0.15, -0.1) is 0 Å². The van der Waals surface area contributed by atoms with Crippen molar-refractivity contribution >= 4 is 34.3 Å². The van der Waals surface area contributed by atoms with Crippen LogP contribution < -0.4 is 0 Å². The predicted molar refractivity (Wildman–Crippen MR) is 87.9 cm³/mol. The first-order chi connectivity index (χ1) is 9.97. The molecule has 6 heteroatoms. The molecule has 1 N–H and O–H groups in total. The molecule has 0 saturated heterocycles. The number of aromatic hydroxyl groups is 1. The van der Waals surface area contributed by atoms with E-state index in [4.69, 9.17) is 9.05 Å². The lowest BCUT2D eigenvalue weighted by atomic mass is 10.1. The second-order valence-corrected chi connectivity index (χ2v) is 7.56. The Morgan fingerprint density at radius 1 is 1.14 bits per heavy atom. The molecule has 21 heavy (non-hydrogen) atoms. The van der Waals surface area contributed by atoms with Crippen molar-refractivity contribution in [2.24, 2.45) is 0 Å². The molecule has 0 bridgehead atoms. The van der Waals surface area contributed by atoms with Crippen molar-refractivity contribution in [3.63, 3.8) is 0 Å². The molecule has 0 saturated carbocycles. The van der Waals surface area contributed by atoms with Crippen molar-refractivity contribution in [3.8, 4) is 5.75 Å². The molecule has 0 heterocycles. The van der Waals surface area contributed by atoms with Gasteiger partial charge in [0, 0.05) is 9.86 Å². The average Bonchev–Trinajstić information content (AvgIpc) is 2.38. The highest BCUT2D eigenvalue weighted by Crippen LogP contribution is 2.51. The molecule has 0 aliphatic rings. The summed E-state index contributed by atoms with van der Waals surface area (Å²) in [6.07, 6.45) is 0.144. The van der Waals surface area contributed by atoms with Crippen molar-refractivity contribution in [1.29, 1.82) is 0 Å². The number of rotatable bonds is 6. The maximum atomic E-state index is 12.6. The number of fused-ring (bicyclic) bond motifs is 1. The zero-order valence-electron chi connectivity index (χ0n) is 12.0. The van der Waals surface area contributed by atoms with Crippen molar-refractivity contribution in [1.82, 2.24) is 0 Å². The lowest BCUT2D eigenvalue weighted by Gasteiger charge is -2.17. The van der Waals surface area contributed by atoms with Gasteiger partial charge in [-0.05, 0) is 49.1 Å². The molecule has 0 spiro atoms. The Morgan fingerprint density at radius 2 is 1.81 bits per heavy atom. The third-order valence-electron chi connectivity index (χ3n) is 2.98. The Kier molecular flexibility index (Phi) is 5.44. The fourth-order valence-electron chi connectivity index (χ4n) is 2.22. The number of halogens is 1. The van der Waals surface area contributed by atoms with Gasteiger partial charge < -0.3 is 14.2 Å². The van der Waals surface area contributed by atoms with Crippen molar-refractivity contribution in [3.05, 3.63) is 40.4 Å². The summed E-state index contributed by atoms with van der Waals surface area (Å²) in [5.74, 6) is 0.162. The normalized spacial score (nSPS) is 12.0. The molecular weight excluding hydrogens is 355 g/mol. The average molecular weight is 373 g/mol. The molecule has 2 aromatic carbocycles. The van der Waals surface area contributed by atoms with Gasteiger partial charge in [0.05, 0.1) is 19.4 Å². The quantitative estimate of drug-likeness (QED) is 0.718. The molecule has 114 valence electrons. The number of benzene rings is 2. The van der Waals surface area contributed by atoms with E-state index in [1.54, 1.807) is 19.9 Å². The van der Waals surface area contributed by atoms with Gasteiger partial charge in [-0.2, -0.15) is 0 Å². The SMILES string of the molecule is CCOP(=O)(Cc1cc(O)c2ccc(Br)cc2c1)OCC. The molecule has 2 aromatic rings. The van der Waals surface area contributed by atoms with Gasteiger partial charge in [0.25, 0.3) is 0 Å². The first kappa shape index (κ1) is 16.5. The summed E-state index contributed by atoms with van der Waals surface area (Å²) in [6, 6.07) is 9.12. The van der Waals surface area contributed by atoms with Gasteiger partial charge >= 0.3 is 7.60 Å². The monoisotopic (exact) mass is 372 g/mol. The predicted octanol–water partition coefficient (Wildman–Crippen LogP) is 5.07. The van der Waals surface area contributed by atoms with Gasteiger partial charge in [-0.3, -0.25) is 4.57 Å². The van der Waals surface area contributed by atoms with E-state index in [2.05, 4.69) is 15.9 Å². The second kappa shape index (κ2) is 6.93. The van der Waals surface area contributed by atoms with Crippen LogP contribution in [0.5, 0.6) is 5.75 Å². The maximum absolute atomic E-state index is 12.6. The zero-order valence-corrected chi connectivity index (χ0v) is 14.5. The van der Waals surface area contributed by atoms with Gasteiger partial charge in [0.15, 0.2) is 0 Å². The fraction of sp³-hybridized carbons (Fsp3) is 0.333. The summed E-state index contributed by atoms with van der Waals surface area (Å²) in [5, 5.41) is 11.7. The van der Waals surface area contributed by atoms with E-state index in [-0.39, 0.29) is 11.9 Å². The van der Waals surface area contributed by atoms with Crippen LogP contribution in [0.15, 0.2) is 34.8 Å². The van der Waals surface area contributed by atoms with Crippen LogP contribution in [0.1, 0.15) is 19.4 Å². The van der Waals surface area contributed by atoms with Crippen LogP contribution in [-0.2, 0) is 19.8 Å². The first-order valence-corrected chi connectivity index (χ1v) is 9.29. The van der Waals surface area contributed by atoms with Crippen molar-refractivity contribution in [2.75, 3.05) is 13.2 Å². The summed E-state index contributed by atoms with van der Waals surface area (Å²) in [5.41, 5.74) is 0.725. The Bertz CT molecular complexity index is 677. The highest BCUT2D eigenvalue weighted by atomic mass is 79.9. The maximum Gasteiger partial charge on any atom is 0.335 e. The minimum Gasteiger partial charge on any atom is -0.507 e. The summed E-state index contributed by atoms with van der Waals surface area (Å²) >= 11 is 3.41. The van der Waals surface area contributed by atoms with Gasteiger partial charge in [-0.25, -0.2) is 0 Å². The topological polar surface area (TPSA) is 55.8 Å². The van der Waals surface area contributed by atoms with Crippen LogP contribution in [0.2, 0.25) is 0 Å². The molecule has 0 aliphatic carbocycles. The summed E-state index contributed by atoms with van der Waals surface area (Å²) in [4.78, 5) is 0. The third kappa shape index (κ3) is 4.07. The molecule has 0 aromatic heterocycles. The molecule has 0 unspecified atom stereocenters. The number of hydrogen-bond donors (Lipinski definition) is 1. The highest BCUT2D eigenvalue weighted by Gasteiger charge is 2.24.